The number of hydrogen-bond acceptors (Lipinski definition) is 4. The predicted octanol–water partition coefficient (Wildman–Crippen LogP) is 3.34. The van der Waals surface area contributed by atoms with Crippen molar-refractivity contribution in [2.75, 3.05) is 13.1 Å². The van der Waals surface area contributed by atoms with E-state index in [1.165, 1.54) is 8.99 Å². The molecule has 1 saturated heterocycles. The SMILES string of the molecule is Cc1nn(C)c(C)c1S(=O)(=O)N1CCC[C@H](C(=O)c2ccc(C(F)(F)F)cc2)C1. The zero-order valence-electron chi connectivity index (χ0n) is 16.3. The van der Waals surface area contributed by atoms with E-state index >= 15 is 0 Å². The molecule has 1 aromatic carbocycles. The molecule has 0 bridgehead atoms. The van der Waals surface area contributed by atoms with Crippen LogP contribution < -0.4 is 0 Å². The highest BCUT2D eigenvalue weighted by atomic mass is 32.2. The fourth-order valence-electron chi connectivity index (χ4n) is 3.69. The van der Waals surface area contributed by atoms with E-state index in [4.69, 9.17) is 0 Å². The maximum Gasteiger partial charge on any atom is 0.416 e. The maximum atomic E-state index is 13.1. The summed E-state index contributed by atoms with van der Waals surface area (Å²) in [5.74, 6) is -0.953. The number of piperidine rings is 1. The molecule has 2 aromatic rings. The molecule has 0 aliphatic carbocycles. The summed E-state index contributed by atoms with van der Waals surface area (Å²) < 4.78 is 67.2. The maximum absolute atomic E-state index is 13.1. The number of aryl methyl sites for hydroxylation is 2. The van der Waals surface area contributed by atoms with Gasteiger partial charge >= 0.3 is 6.18 Å². The summed E-state index contributed by atoms with van der Waals surface area (Å²) in [6.07, 6.45) is -3.50. The van der Waals surface area contributed by atoms with Crippen LogP contribution in [-0.2, 0) is 23.2 Å². The first-order valence-corrected chi connectivity index (χ1v) is 10.6. The highest BCUT2D eigenvalue weighted by molar-refractivity contribution is 7.89. The molecule has 1 aromatic heterocycles. The van der Waals surface area contributed by atoms with Gasteiger partial charge in [-0.1, -0.05) is 12.1 Å². The molecule has 3 rings (SSSR count). The third-order valence-electron chi connectivity index (χ3n) is 5.29. The molecule has 0 N–H and O–H groups in total. The molecule has 1 fully saturated rings. The predicted molar refractivity (Wildman–Crippen MR) is 99.9 cm³/mol. The molecule has 0 radical (unpaired) electrons. The Balaban J connectivity index is 1.82. The Hall–Kier alpha value is -2.20. The van der Waals surface area contributed by atoms with Crippen LogP contribution in [0.5, 0.6) is 0 Å². The van der Waals surface area contributed by atoms with Crippen molar-refractivity contribution in [1.29, 1.82) is 0 Å². The van der Waals surface area contributed by atoms with E-state index in [0.717, 1.165) is 24.3 Å². The summed E-state index contributed by atoms with van der Waals surface area (Å²) in [4.78, 5) is 12.9. The largest absolute Gasteiger partial charge is 0.416 e. The number of hydrogen-bond donors (Lipinski definition) is 0. The van der Waals surface area contributed by atoms with Crippen LogP contribution in [0.1, 0.15) is 40.2 Å². The Morgan fingerprint density at radius 1 is 1.17 bits per heavy atom. The van der Waals surface area contributed by atoms with Gasteiger partial charge in [0.25, 0.3) is 0 Å². The molecule has 6 nitrogen and oxygen atoms in total. The monoisotopic (exact) mass is 429 g/mol. The standard InChI is InChI=1S/C19H22F3N3O3S/c1-12-18(13(2)24(3)23-12)29(27,28)25-10-4-5-15(11-25)17(26)14-6-8-16(9-7-14)19(20,21)22/h6-9,15H,4-5,10-11H2,1-3H3/t15-/m0/s1. The van der Waals surface area contributed by atoms with E-state index in [1.54, 1.807) is 20.9 Å². The zero-order valence-corrected chi connectivity index (χ0v) is 17.1. The Kier molecular flexibility index (Phi) is 5.61. The Morgan fingerprint density at radius 2 is 1.79 bits per heavy atom. The molecule has 0 spiro atoms. The molecule has 10 heteroatoms. The number of carbonyl (C=O) groups excluding carboxylic acids is 1. The van der Waals surface area contributed by atoms with Crippen LogP contribution in [-0.4, -0.2) is 41.4 Å². The molecule has 2 heterocycles. The topological polar surface area (TPSA) is 72.3 Å². The molecule has 1 atom stereocenters. The minimum absolute atomic E-state index is 0.00400. The Bertz CT molecular complexity index is 1030. The lowest BCUT2D eigenvalue weighted by Gasteiger charge is -2.31. The molecule has 29 heavy (non-hydrogen) atoms. The summed E-state index contributed by atoms with van der Waals surface area (Å²) in [6.45, 7) is 3.57. The van der Waals surface area contributed by atoms with E-state index in [-0.39, 0.29) is 29.3 Å². The van der Waals surface area contributed by atoms with Crippen molar-refractivity contribution >= 4 is 15.8 Å². The lowest BCUT2D eigenvalue weighted by molar-refractivity contribution is -0.137. The van der Waals surface area contributed by atoms with Crippen LogP contribution in [0.3, 0.4) is 0 Å². The van der Waals surface area contributed by atoms with Gasteiger partial charge in [0.2, 0.25) is 10.0 Å². The fourth-order valence-corrected chi connectivity index (χ4v) is 5.61. The lowest BCUT2D eigenvalue weighted by atomic mass is 9.90. The number of aromatic nitrogens is 2. The van der Waals surface area contributed by atoms with Crippen LogP contribution in [0.25, 0.3) is 0 Å². The van der Waals surface area contributed by atoms with Crippen LogP contribution >= 0.6 is 0 Å². The van der Waals surface area contributed by atoms with Gasteiger partial charge in [0.1, 0.15) is 4.90 Å². The van der Waals surface area contributed by atoms with Crippen molar-refractivity contribution in [3.63, 3.8) is 0 Å². The van der Waals surface area contributed by atoms with Crippen molar-refractivity contribution in [3.8, 4) is 0 Å². The van der Waals surface area contributed by atoms with Gasteiger partial charge in [0, 0.05) is 31.6 Å². The van der Waals surface area contributed by atoms with E-state index in [2.05, 4.69) is 5.10 Å². The smallest absolute Gasteiger partial charge is 0.294 e. The van der Waals surface area contributed by atoms with Gasteiger partial charge in [0.15, 0.2) is 5.78 Å². The van der Waals surface area contributed by atoms with Gasteiger partial charge < -0.3 is 0 Å². The number of ketones is 1. The van der Waals surface area contributed by atoms with Gasteiger partial charge in [-0.2, -0.15) is 22.6 Å². The third kappa shape index (κ3) is 4.09. The highest BCUT2D eigenvalue weighted by Gasteiger charge is 2.37. The third-order valence-corrected chi connectivity index (χ3v) is 7.41. The fraction of sp³-hybridized carbons (Fsp3) is 0.474. The van der Waals surface area contributed by atoms with Gasteiger partial charge in [0.05, 0.1) is 17.0 Å². The number of benzene rings is 1. The number of halogens is 3. The summed E-state index contributed by atoms with van der Waals surface area (Å²) >= 11 is 0. The summed E-state index contributed by atoms with van der Waals surface area (Å²) in [6, 6.07) is 4.03. The van der Waals surface area contributed by atoms with Crippen molar-refractivity contribution < 1.29 is 26.4 Å². The van der Waals surface area contributed by atoms with Crippen LogP contribution in [0.15, 0.2) is 29.2 Å². The molecule has 0 unspecified atom stereocenters. The van der Waals surface area contributed by atoms with Gasteiger partial charge in [-0.05, 0) is 38.8 Å². The zero-order chi connectivity index (χ0) is 21.6. The molecule has 1 aliphatic heterocycles. The van der Waals surface area contributed by atoms with E-state index < -0.39 is 27.7 Å². The average molecular weight is 429 g/mol. The molecule has 158 valence electrons. The highest BCUT2D eigenvalue weighted by Crippen LogP contribution is 2.31. The van der Waals surface area contributed by atoms with E-state index in [0.29, 0.717) is 24.2 Å². The molecule has 0 saturated carbocycles. The average Bonchev–Trinajstić information content (AvgIpc) is 2.93. The second kappa shape index (κ2) is 7.56. The Morgan fingerprint density at radius 3 is 2.31 bits per heavy atom. The number of nitrogens with zero attached hydrogens (tertiary/aromatic N) is 3. The van der Waals surface area contributed by atoms with E-state index in [1.807, 2.05) is 0 Å². The molecular formula is C19H22F3N3O3S. The summed E-state index contributed by atoms with van der Waals surface area (Å²) in [7, 11) is -2.17. The number of rotatable bonds is 4. The van der Waals surface area contributed by atoms with Crippen LogP contribution in [0.4, 0.5) is 13.2 Å². The number of alkyl halides is 3. The summed E-state index contributed by atoms with van der Waals surface area (Å²) in [5.41, 5.74) is 0.222. The second-order valence-electron chi connectivity index (χ2n) is 7.27. The van der Waals surface area contributed by atoms with Gasteiger partial charge in [-0.3, -0.25) is 9.48 Å². The Labute approximate surface area is 167 Å². The van der Waals surface area contributed by atoms with Crippen molar-refractivity contribution in [1.82, 2.24) is 14.1 Å². The minimum Gasteiger partial charge on any atom is -0.294 e. The first kappa shape index (κ1) is 21.5. The molecular weight excluding hydrogens is 407 g/mol. The second-order valence-corrected chi connectivity index (χ2v) is 9.14. The summed E-state index contributed by atoms with van der Waals surface area (Å²) in [5, 5.41) is 4.15. The van der Waals surface area contributed by atoms with Gasteiger partial charge in [-0.15, -0.1) is 0 Å². The first-order chi connectivity index (χ1) is 13.4. The van der Waals surface area contributed by atoms with Crippen LogP contribution in [0, 0.1) is 19.8 Å². The van der Waals surface area contributed by atoms with Crippen molar-refractivity contribution in [3.05, 3.63) is 46.8 Å². The van der Waals surface area contributed by atoms with Crippen LogP contribution in [0.2, 0.25) is 0 Å². The number of carbonyl (C=O) groups is 1. The number of sulfonamides is 1. The van der Waals surface area contributed by atoms with E-state index in [9.17, 15) is 26.4 Å². The molecule has 1 aliphatic rings. The lowest BCUT2D eigenvalue weighted by Crippen LogP contribution is -2.42. The normalized spacial score (nSPS) is 18.8. The first-order valence-electron chi connectivity index (χ1n) is 9.14. The quantitative estimate of drug-likeness (QED) is 0.699. The number of Topliss-reactive ketones (excluding diaryl/α,β-unsaturated/α-hetero) is 1. The van der Waals surface area contributed by atoms with Gasteiger partial charge in [-0.25, -0.2) is 8.42 Å². The minimum atomic E-state index is -4.48. The van der Waals surface area contributed by atoms with Crippen molar-refractivity contribution in [2.24, 2.45) is 13.0 Å². The molecule has 0 amide bonds. The van der Waals surface area contributed by atoms with Crippen molar-refractivity contribution in [2.45, 2.75) is 37.8 Å².